The summed E-state index contributed by atoms with van der Waals surface area (Å²) in [6, 6.07) is 2.10. The third-order valence-corrected chi connectivity index (χ3v) is 6.56. The zero-order valence-electron chi connectivity index (χ0n) is 13.0. The minimum Gasteiger partial charge on any atom is -0.306 e. The molecule has 0 atom stereocenters. The third-order valence-electron chi connectivity index (χ3n) is 4.39. The molecule has 4 rings (SSSR count). The average molecular weight is 342 g/mol. The predicted molar refractivity (Wildman–Crippen MR) is 99.5 cm³/mol. The zero-order chi connectivity index (χ0) is 15.8. The Morgan fingerprint density at radius 1 is 1.22 bits per heavy atom. The second-order valence-corrected chi connectivity index (χ2v) is 8.03. The van der Waals surface area contributed by atoms with Crippen molar-refractivity contribution in [3.8, 4) is 0 Å². The fraction of sp³-hybridized carbons (Fsp3) is 0.333. The molecule has 3 aromatic heterocycles. The molecule has 23 heavy (non-hydrogen) atoms. The van der Waals surface area contributed by atoms with E-state index in [0.717, 1.165) is 23.1 Å². The largest absolute Gasteiger partial charge is 0.306 e. The summed E-state index contributed by atoms with van der Waals surface area (Å²) in [5.74, 6) is 0.645. The molecule has 1 aliphatic rings. The smallest absolute Gasteiger partial charge is 0.260 e. The number of hydrogen-bond donors (Lipinski definition) is 1. The fourth-order valence-electron chi connectivity index (χ4n) is 3.15. The Balaban J connectivity index is 1.77. The molecule has 0 amide bonds. The quantitative estimate of drug-likeness (QED) is 0.680. The summed E-state index contributed by atoms with van der Waals surface area (Å²) in [4.78, 5) is 23.6. The first-order valence-electron chi connectivity index (χ1n) is 7.99. The van der Waals surface area contributed by atoms with Gasteiger partial charge in [0.15, 0.2) is 0 Å². The number of thiophene rings is 2. The van der Waals surface area contributed by atoms with Gasteiger partial charge in [-0.05, 0) is 67.3 Å². The third kappa shape index (κ3) is 2.79. The first-order chi connectivity index (χ1) is 11.2. The molecule has 0 unspecified atom stereocenters. The van der Waals surface area contributed by atoms with E-state index in [9.17, 15) is 4.79 Å². The molecule has 0 saturated carbocycles. The van der Waals surface area contributed by atoms with Gasteiger partial charge in [0.1, 0.15) is 10.7 Å². The molecule has 0 bridgehead atoms. The normalized spacial score (nSPS) is 15.2. The summed E-state index contributed by atoms with van der Waals surface area (Å²) in [7, 11) is 0. The predicted octanol–water partition coefficient (Wildman–Crippen LogP) is 4.79. The van der Waals surface area contributed by atoms with Crippen molar-refractivity contribution in [3.63, 3.8) is 0 Å². The van der Waals surface area contributed by atoms with Crippen LogP contribution >= 0.6 is 22.7 Å². The Morgan fingerprint density at radius 2 is 2.09 bits per heavy atom. The molecule has 0 radical (unpaired) electrons. The average Bonchev–Trinajstić information content (AvgIpc) is 3.01. The topological polar surface area (TPSA) is 45.8 Å². The molecule has 3 heterocycles. The van der Waals surface area contributed by atoms with Crippen LogP contribution < -0.4 is 5.56 Å². The van der Waals surface area contributed by atoms with Gasteiger partial charge in [0.25, 0.3) is 5.56 Å². The van der Waals surface area contributed by atoms with E-state index >= 15 is 0 Å². The molecule has 3 nitrogen and oxygen atoms in total. The van der Waals surface area contributed by atoms with E-state index in [2.05, 4.69) is 28.3 Å². The number of aryl methyl sites for hydroxylation is 3. The Labute approximate surface area is 142 Å². The van der Waals surface area contributed by atoms with Gasteiger partial charge in [-0.25, -0.2) is 4.98 Å². The van der Waals surface area contributed by atoms with E-state index in [0.29, 0.717) is 5.82 Å². The summed E-state index contributed by atoms with van der Waals surface area (Å²) in [6.07, 6.45) is 9.71. The standard InChI is InChI=1S/C18H18N2OS2/c1-11-9-10-22-13(11)7-8-15-19-17(21)16-12-5-3-2-4-6-14(12)23-18(16)20-15/h7-10H,2-6H2,1H3,(H,19,20,21)/b8-7+. The van der Waals surface area contributed by atoms with Crippen molar-refractivity contribution in [1.29, 1.82) is 0 Å². The maximum atomic E-state index is 12.6. The van der Waals surface area contributed by atoms with Crippen molar-refractivity contribution in [2.75, 3.05) is 0 Å². The molecule has 0 aromatic carbocycles. The monoisotopic (exact) mass is 342 g/mol. The fourth-order valence-corrected chi connectivity index (χ4v) is 5.23. The van der Waals surface area contributed by atoms with E-state index in [1.807, 2.05) is 12.2 Å². The van der Waals surface area contributed by atoms with Crippen LogP contribution in [-0.2, 0) is 12.8 Å². The van der Waals surface area contributed by atoms with Crippen molar-refractivity contribution < 1.29 is 0 Å². The molecule has 0 fully saturated rings. The molecule has 5 heteroatoms. The second kappa shape index (κ2) is 6.06. The molecule has 0 saturated heterocycles. The lowest BCUT2D eigenvalue weighted by atomic mass is 10.1. The minimum atomic E-state index is 0.0111. The van der Waals surface area contributed by atoms with E-state index in [4.69, 9.17) is 0 Å². The minimum absolute atomic E-state index is 0.0111. The molecule has 3 aromatic rings. The van der Waals surface area contributed by atoms with Crippen molar-refractivity contribution >= 4 is 45.0 Å². The summed E-state index contributed by atoms with van der Waals surface area (Å²) in [5.41, 5.74) is 2.51. The number of H-pyrrole nitrogens is 1. The lowest BCUT2D eigenvalue weighted by Gasteiger charge is -1.98. The first-order valence-corrected chi connectivity index (χ1v) is 9.69. The number of rotatable bonds is 2. The highest BCUT2D eigenvalue weighted by Gasteiger charge is 2.18. The summed E-state index contributed by atoms with van der Waals surface area (Å²) in [6.45, 7) is 2.09. The summed E-state index contributed by atoms with van der Waals surface area (Å²) in [5, 5.41) is 2.90. The van der Waals surface area contributed by atoms with Crippen LogP contribution in [0.5, 0.6) is 0 Å². The second-order valence-electron chi connectivity index (χ2n) is 6.00. The van der Waals surface area contributed by atoms with Crippen LogP contribution in [0.1, 0.15) is 46.0 Å². The van der Waals surface area contributed by atoms with Gasteiger partial charge in [0.2, 0.25) is 0 Å². The summed E-state index contributed by atoms with van der Waals surface area (Å²) < 4.78 is 0. The highest BCUT2D eigenvalue weighted by Crippen LogP contribution is 2.32. The van der Waals surface area contributed by atoms with E-state index in [1.54, 1.807) is 22.7 Å². The first kappa shape index (κ1) is 14.8. The highest BCUT2D eigenvalue weighted by molar-refractivity contribution is 7.18. The lowest BCUT2D eigenvalue weighted by molar-refractivity contribution is 0.713. The van der Waals surface area contributed by atoms with Gasteiger partial charge in [-0.2, -0.15) is 0 Å². The van der Waals surface area contributed by atoms with Crippen LogP contribution in [0.2, 0.25) is 0 Å². The molecule has 0 aliphatic heterocycles. The lowest BCUT2D eigenvalue weighted by Crippen LogP contribution is -2.10. The maximum absolute atomic E-state index is 12.6. The Bertz CT molecular complexity index is 946. The van der Waals surface area contributed by atoms with Crippen LogP contribution in [0.15, 0.2) is 16.2 Å². The van der Waals surface area contributed by atoms with Crippen LogP contribution in [0, 0.1) is 6.92 Å². The van der Waals surface area contributed by atoms with Gasteiger partial charge in [-0.3, -0.25) is 4.79 Å². The SMILES string of the molecule is Cc1ccsc1/C=C/c1nc2sc3c(c2c(=O)[nH]1)CCCCC3. The molecule has 0 spiro atoms. The van der Waals surface area contributed by atoms with Gasteiger partial charge >= 0.3 is 0 Å². The maximum Gasteiger partial charge on any atom is 0.260 e. The van der Waals surface area contributed by atoms with Gasteiger partial charge in [0.05, 0.1) is 5.39 Å². The Hall–Kier alpha value is -1.72. The van der Waals surface area contributed by atoms with E-state index in [-0.39, 0.29) is 5.56 Å². The van der Waals surface area contributed by atoms with Crippen LogP contribution in [-0.4, -0.2) is 9.97 Å². The zero-order valence-corrected chi connectivity index (χ0v) is 14.6. The molecular formula is C18H18N2OS2. The van der Waals surface area contributed by atoms with Crippen molar-refractivity contribution in [1.82, 2.24) is 9.97 Å². The molecule has 1 N–H and O–H groups in total. The molecular weight excluding hydrogens is 324 g/mol. The Morgan fingerprint density at radius 3 is 2.91 bits per heavy atom. The number of aromatic nitrogens is 2. The van der Waals surface area contributed by atoms with Gasteiger partial charge in [-0.1, -0.05) is 6.42 Å². The van der Waals surface area contributed by atoms with Crippen molar-refractivity contribution in [2.24, 2.45) is 0 Å². The summed E-state index contributed by atoms with van der Waals surface area (Å²) >= 11 is 3.40. The van der Waals surface area contributed by atoms with E-state index in [1.165, 1.54) is 40.1 Å². The number of nitrogens with one attached hydrogen (secondary N) is 1. The van der Waals surface area contributed by atoms with Crippen LogP contribution in [0.4, 0.5) is 0 Å². The molecule has 118 valence electrons. The Kier molecular flexibility index (Phi) is 3.91. The van der Waals surface area contributed by atoms with E-state index < -0.39 is 0 Å². The number of hydrogen-bond acceptors (Lipinski definition) is 4. The molecule has 1 aliphatic carbocycles. The van der Waals surface area contributed by atoms with Gasteiger partial charge < -0.3 is 4.98 Å². The van der Waals surface area contributed by atoms with Crippen molar-refractivity contribution in [2.45, 2.75) is 39.0 Å². The van der Waals surface area contributed by atoms with Crippen LogP contribution in [0.3, 0.4) is 0 Å². The number of aromatic amines is 1. The van der Waals surface area contributed by atoms with Crippen LogP contribution in [0.25, 0.3) is 22.4 Å². The van der Waals surface area contributed by atoms with Gasteiger partial charge in [-0.15, -0.1) is 22.7 Å². The van der Waals surface area contributed by atoms with Crippen molar-refractivity contribution in [3.05, 3.63) is 48.5 Å². The number of nitrogens with zero attached hydrogens (tertiary/aromatic N) is 1. The van der Waals surface area contributed by atoms with Gasteiger partial charge in [0, 0.05) is 9.75 Å². The highest BCUT2D eigenvalue weighted by atomic mass is 32.1. The number of fused-ring (bicyclic) bond motifs is 3.